The average molecular weight is 289 g/mol. The second-order valence-electron chi connectivity index (χ2n) is 6.56. The first-order valence-corrected chi connectivity index (χ1v) is 8.46. The molecule has 1 unspecified atom stereocenters. The molecule has 3 nitrogen and oxygen atoms in total. The molecule has 1 aromatic heterocycles. The van der Waals surface area contributed by atoms with E-state index >= 15 is 0 Å². The number of hydrogen-bond donors (Lipinski definition) is 1. The number of fused-ring (bicyclic) bond motifs is 1. The number of aromatic nitrogens is 2. The first-order chi connectivity index (χ1) is 9.50. The normalized spacial score (nSPS) is 19.9. The lowest BCUT2D eigenvalue weighted by Crippen LogP contribution is -2.25. The maximum Gasteiger partial charge on any atom is 0.114 e. The lowest BCUT2D eigenvalue weighted by molar-refractivity contribution is 0.386. The summed E-state index contributed by atoms with van der Waals surface area (Å²) >= 11 is 2.04. The highest BCUT2D eigenvalue weighted by atomic mass is 32.2. The maximum absolute atomic E-state index is 5.76. The summed E-state index contributed by atoms with van der Waals surface area (Å²) in [7, 11) is 0. The van der Waals surface area contributed by atoms with Gasteiger partial charge in [-0.05, 0) is 50.6 Å². The van der Waals surface area contributed by atoms with Crippen LogP contribution in [0.5, 0.6) is 0 Å². The number of hydrogen-bond acceptors (Lipinski definition) is 3. The van der Waals surface area contributed by atoms with E-state index in [-0.39, 0.29) is 5.54 Å². The van der Waals surface area contributed by atoms with E-state index in [0.717, 1.165) is 11.1 Å². The zero-order valence-corrected chi connectivity index (χ0v) is 13.3. The minimum atomic E-state index is 0.0571. The van der Waals surface area contributed by atoms with Gasteiger partial charge in [-0.2, -0.15) is 11.8 Å². The predicted octanol–water partition coefficient (Wildman–Crippen LogP) is 3.47. The standard InChI is InChI=1S/C16H23N3S/c1-16(2,3)19-14-5-4-11(9-17)8-13(14)18-15(19)12-6-7-20-10-12/h4-5,8,12H,6-7,9-10,17H2,1-3H3. The van der Waals surface area contributed by atoms with Crippen LogP contribution < -0.4 is 5.73 Å². The quantitative estimate of drug-likeness (QED) is 0.920. The molecule has 0 bridgehead atoms. The van der Waals surface area contributed by atoms with E-state index in [0.29, 0.717) is 12.5 Å². The van der Waals surface area contributed by atoms with E-state index in [9.17, 15) is 0 Å². The van der Waals surface area contributed by atoms with Crippen molar-refractivity contribution in [2.75, 3.05) is 11.5 Å². The van der Waals surface area contributed by atoms with E-state index in [1.807, 2.05) is 11.8 Å². The molecule has 0 saturated carbocycles. The van der Waals surface area contributed by atoms with Crippen molar-refractivity contribution in [3.63, 3.8) is 0 Å². The summed E-state index contributed by atoms with van der Waals surface area (Å²) in [4.78, 5) is 4.96. The van der Waals surface area contributed by atoms with E-state index in [2.05, 4.69) is 43.5 Å². The number of benzene rings is 1. The summed E-state index contributed by atoms with van der Waals surface area (Å²) in [6.07, 6.45) is 1.24. The molecule has 0 radical (unpaired) electrons. The van der Waals surface area contributed by atoms with Gasteiger partial charge in [0.05, 0.1) is 11.0 Å². The van der Waals surface area contributed by atoms with E-state index in [1.54, 1.807) is 0 Å². The Morgan fingerprint density at radius 1 is 1.40 bits per heavy atom. The average Bonchev–Trinajstić information content (AvgIpc) is 3.03. The van der Waals surface area contributed by atoms with Crippen LogP contribution in [0.15, 0.2) is 18.2 Å². The Morgan fingerprint density at radius 2 is 2.20 bits per heavy atom. The Morgan fingerprint density at radius 3 is 2.80 bits per heavy atom. The van der Waals surface area contributed by atoms with Crippen LogP contribution in [0.4, 0.5) is 0 Å². The molecule has 0 spiro atoms. The van der Waals surface area contributed by atoms with Gasteiger partial charge in [-0.25, -0.2) is 4.98 Å². The van der Waals surface area contributed by atoms with Crippen molar-refractivity contribution in [2.24, 2.45) is 5.73 Å². The second kappa shape index (κ2) is 5.08. The molecule has 108 valence electrons. The van der Waals surface area contributed by atoms with Crippen LogP contribution in [0.3, 0.4) is 0 Å². The van der Waals surface area contributed by atoms with Crippen molar-refractivity contribution in [3.05, 3.63) is 29.6 Å². The minimum Gasteiger partial charge on any atom is -0.326 e. The third-order valence-electron chi connectivity index (χ3n) is 3.95. The van der Waals surface area contributed by atoms with Crippen LogP contribution in [0.1, 0.15) is 44.5 Å². The Kier molecular flexibility index (Phi) is 3.55. The lowest BCUT2D eigenvalue weighted by Gasteiger charge is -2.26. The van der Waals surface area contributed by atoms with Gasteiger partial charge in [-0.3, -0.25) is 0 Å². The molecule has 4 heteroatoms. The van der Waals surface area contributed by atoms with Crippen molar-refractivity contribution in [3.8, 4) is 0 Å². The molecule has 0 amide bonds. The van der Waals surface area contributed by atoms with Crippen molar-refractivity contribution in [1.29, 1.82) is 0 Å². The summed E-state index contributed by atoms with van der Waals surface area (Å²) in [5, 5.41) is 0. The first-order valence-electron chi connectivity index (χ1n) is 7.30. The zero-order valence-electron chi connectivity index (χ0n) is 12.5. The Bertz CT molecular complexity index is 618. The van der Waals surface area contributed by atoms with Crippen molar-refractivity contribution < 1.29 is 0 Å². The van der Waals surface area contributed by atoms with Gasteiger partial charge in [0.1, 0.15) is 5.82 Å². The Hall–Kier alpha value is -1.00. The number of imidazole rings is 1. The van der Waals surface area contributed by atoms with Crippen LogP contribution in [-0.4, -0.2) is 21.1 Å². The highest BCUT2D eigenvalue weighted by molar-refractivity contribution is 7.99. The molecule has 1 fully saturated rings. The summed E-state index contributed by atoms with van der Waals surface area (Å²) in [6, 6.07) is 6.45. The summed E-state index contributed by atoms with van der Waals surface area (Å²) < 4.78 is 2.43. The van der Waals surface area contributed by atoms with E-state index in [4.69, 9.17) is 10.7 Å². The third-order valence-corrected chi connectivity index (χ3v) is 5.11. The minimum absolute atomic E-state index is 0.0571. The Balaban J connectivity index is 2.21. The zero-order chi connectivity index (χ0) is 14.3. The molecule has 3 rings (SSSR count). The van der Waals surface area contributed by atoms with Gasteiger partial charge in [0.15, 0.2) is 0 Å². The molecule has 1 aliphatic heterocycles. The molecule has 1 aromatic carbocycles. The van der Waals surface area contributed by atoms with Gasteiger partial charge in [-0.1, -0.05) is 6.07 Å². The number of nitrogens with zero attached hydrogens (tertiary/aromatic N) is 2. The van der Waals surface area contributed by atoms with Crippen molar-refractivity contribution in [2.45, 2.75) is 45.2 Å². The predicted molar refractivity (Wildman–Crippen MR) is 87.3 cm³/mol. The highest BCUT2D eigenvalue weighted by Crippen LogP contribution is 2.36. The van der Waals surface area contributed by atoms with Gasteiger partial charge in [0.2, 0.25) is 0 Å². The fourth-order valence-corrected chi connectivity index (χ4v) is 4.21. The monoisotopic (exact) mass is 289 g/mol. The Labute approximate surface area is 124 Å². The molecular formula is C16H23N3S. The fourth-order valence-electron chi connectivity index (χ4n) is 2.99. The van der Waals surface area contributed by atoms with Crippen LogP contribution in [0.25, 0.3) is 11.0 Å². The van der Waals surface area contributed by atoms with Crippen LogP contribution >= 0.6 is 11.8 Å². The summed E-state index contributed by atoms with van der Waals surface area (Å²) in [5.74, 6) is 4.30. The fraction of sp³-hybridized carbons (Fsp3) is 0.562. The van der Waals surface area contributed by atoms with Gasteiger partial charge in [-0.15, -0.1) is 0 Å². The van der Waals surface area contributed by atoms with Crippen molar-refractivity contribution >= 4 is 22.8 Å². The summed E-state index contributed by atoms with van der Waals surface area (Å²) in [6.45, 7) is 7.36. The van der Waals surface area contributed by atoms with Crippen LogP contribution in [0.2, 0.25) is 0 Å². The molecule has 1 saturated heterocycles. The molecule has 2 N–H and O–H groups in total. The molecule has 2 heterocycles. The first kappa shape index (κ1) is 14.0. The lowest BCUT2D eigenvalue weighted by atomic mass is 10.0. The SMILES string of the molecule is CC(C)(C)n1c(C2CCSC2)nc2cc(CN)ccc21. The molecule has 1 aliphatic rings. The smallest absolute Gasteiger partial charge is 0.114 e. The molecule has 1 atom stereocenters. The summed E-state index contributed by atoms with van der Waals surface area (Å²) in [5.41, 5.74) is 9.30. The topological polar surface area (TPSA) is 43.8 Å². The number of thioether (sulfide) groups is 1. The van der Waals surface area contributed by atoms with Gasteiger partial charge < -0.3 is 10.3 Å². The van der Waals surface area contributed by atoms with Crippen LogP contribution in [0, 0.1) is 0 Å². The molecular weight excluding hydrogens is 266 g/mol. The third kappa shape index (κ3) is 2.35. The number of nitrogens with two attached hydrogens (primary N) is 1. The highest BCUT2D eigenvalue weighted by Gasteiger charge is 2.28. The molecule has 2 aromatic rings. The van der Waals surface area contributed by atoms with Crippen LogP contribution in [-0.2, 0) is 12.1 Å². The van der Waals surface area contributed by atoms with Gasteiger partial charge >= 0.3 is 0 Å². The van der Waals surface area contributed by atoms with Crippen molar-refractivity contribution in [1.82, 2.24) is 9.55 Å². The van der Waals surface area contributed by atoms with Gasteiger partial charge in [0.25, 0.3) is 0 Å². The second-order valence-corrected chi connectivity index (χ2v) is 7.71. The molecule has 20 heavy (non-hydrogen) atoms. The van der Waals surface area contributed by atoms with E-state index < -0.39 is 0 Å². The largest absolute Gasteiger partial charge is 0.326 e. The maximum atomic E-state index is 5.76. The number of rotatable bonds is 2. The van der Waals surface area contributed by atoms with Gasteiger partial charge in [0, 0.05) is 23.8 Å². The van der Waals surface area contributed by atoms with E-state index in [1.165, 1.54) is 29.3 Å². The molecule has 0 aliphatic carbocycles.